The van der Waals surface area contributed by atoms with Gasteiger partial charge in [-0.2, -0.15) is 0 Å². The minimum atomic E-state index is 0.132. The third kappa shape index (κ3) is 2.26. The Morgan fingerprint density at radius 2 is 2.50 bits per heavy atom. The lowest BCUT2D eigenvalue weighted by Crippen LogP contribution is -2.35. The van der Waals surface area contributed by atoms with Crippen LogP contribution in [0.5, 0.6) is 0 Å². The molecule has 0 N–H and O–H groups in total. The van der Waals surface area contributed by atoms with E-state index in [1.54, 1.807) is 18.3 Å². The maximum atomic E-state index is 12.2. The first-order valence-corrected chi connectivity index (χ1v) is 6.44. The normalized spacial score (nSPS) is 20.1. The van der Waals surface area contributed by atoms with Gasteiger partial charge in [0.1, 0.15) is 4.60 Å². The number of carbonyl (C=O) groups is 1. The molecular weight excluding hydrogens is 268 g/mol. The number of pyridine rings is 1. The summed E-state index contributed by atoms with van der Waals surface area (Å²) in [5.41, 5.74) is 0.724. The van der Waals surface area contributed by atoms with Gasteiger partial charge in [0.2, 0.25) is 0 Å². The third-order valence-corrected chi connectivity index (χ3v) is 3.52. The minimum absolute atomic E-state index is 0.132. The first-order chi connectivity index (χ1) is 7.72. The molecule has 2 rings (SSSR count). The Balaban J connectivity index is 2.18. The number of likely N-dealkylation sites (tertiary alicyclic amines) is 1. The summed E-state index contributed by atoms with van der Waals surface area (Å²) in [4.78, 5) is 18.3. The van der Waals surface area contributed by atoms with Gasteiger partial charge in [-0.25, -0.2) is 4.98 Å². The van der Waals surface area contributed by atoms with Crippen LogP contribution in [0, 0.1) is 0 Å². The summed E-state index contributed by atoms with van der Waals surface area (Å²) in [6.45, 7) is 3.02. The second kappa shape index (κ2) is 4.95. The van der Waals surface area contributed by atoms with Crippen LogP contribution < -0.4 is 0 Å². The van der Waals surface area contributed by atoms with Gasteiger partial charge in [0, 0.05) is 24.3 Å². The van der Waals surface area contributed by atoms with E-state index in [0.29, 0.717) is 10.6 Å². The van der Waals surface area contributed by atoms with Crippen LogP contribution in [0.25, 0.3) is 0 Å². The van der Waals surface area contributed by atoms with Crippen molar-refractivity contribution < 1.29 is 4.79 Å². The van der Waals surface area contributed by atoms with Gasteiger partial charge >= 0.3 is 0 Å². The van der Waals surface area contributed by atoms with Gasteiger partial charge < -0.3 is 4.90 Å². The number of rotatable bonds is 2. The molecule has 0 spiro atoms. The van der Waals surface area contributed by atoms with Gasteiger partial charge in [0.15, 0.2) is 0 Å². The average molecular weight is 283 g/mol. The van der Waals surface area contributed by atoms with Crippen LogP contribution in [0.3, 0.4) is 0 Å². The summed E-state index contributed by atoms with van der Waals surface area (Å²) in [7, 11) is 0. The number of hydrogen-bond acceptors (Lipinski definition) is 2. The molecule has 0 bridgehead atoms. The van der Waals surface area contributed by atoms with Crippen molar-refractivity contribution in [3.05, 3.63) is 28.5 Å². The first-order valence-electron chi connectivity index (χ1n) is 5.65. The van der Waals surface area contributed by atoms with Gasteiger partial charge in [0.05, 0.1) is 0 Å². The van der Waals surface area contributed by atoms with E-state index >= 15 is 0 Å². The second-order valence-electron chi connectivity index (χ2n) is 4.07. The molecule has 1 aliphatic rings. The molecule has 86 valence electrons. The zero-order chi connectivity index (χ0) is 11.5. The van der Waals surface area contributed by atoms with Crippen LogP contribution >= 0.6 is 15.9 Å². The Kier molecular flexibility index (Phi) is 3.59. The molecule has 1 aromatic rings. The Morgan fingerprint density at radius 1 is 1.69 bits per heavy atom. The molecule has 0 saturated carbocycles. The molecule has 0 aliphatic carbocycles. The van der Waals surface area contributed by atoms with Gasteiger partial charge in [0.25, 0.3) is 5.91 Å². The van der Waals surface area contributed by atoms with Crippen LogP contribution in [0.1, 0.15) is 36.5 Å². The quantitative estimate of drug-likeness (QED) is 0.782. The zero-order valence-corrected chi connectivity index (χ0v) is 10.9. The SMILES string of the molecule is CCC1CCCN1C(=O)c1ccnc(Br)c1. The largest absolute Gasteiger partial charge is 0.336 e. The van der Waals surface area contributed by atoms with Crippen molar-refractivity contribution >= 4 is 21.8 Å². The molecule has 1 atom stereocenters. The summed E-state index contributed by atoms with van der Waals surface area (Å²) < 4.78 is 0.714. The molecule has 0 radical (unpaired) electrons. The molecule has 3 nitrogen and oxygen atoms in total. The van der Waals surface area contributed by atoms with E-state index in [-0.39, 0.29) is 5.91 Å². The lowest BCUT2D eigenvalue weighted by Gasteiger charge is -2.23. The van der Waals surface area contributed by atoms with Crippen molar-refractivity contribution in [3.8, 4) is 0 Å². The third-order valence-electron chi connectivity index (χ3n) is 3.08. The van der Waals surface area contributed by atoms with Crippen LogP contribution in [0.4, 0.5) is 0 Å². The summed E-state index contributed by atoms with van der Waals surface area (Å²) >= 11 is 3.29. The van der Waals surface area contributed by atoms with Gasteiger partial charge in [-0.15, -0.1) is 0 Å². The maximum absolute atomic E-state index is 12.2. The maximum Gasteiger partial charge on any atom is 0.254 e. The first kappa shape index (κ1) is 11.6. The van der Waals surface area contributed by atoms with Crippen LogP contribution in [0.15, 0.2) is 22.9 Å². The van der Waals surface area contributed by atoms with Crippen molar-refractivity contribution in [1.29, 1.82) is 0 Å². The number of carbonyl (C=O) groups excluding carboxylic acids is 1. The lowest BCUT2D eigenvalue weighted by atomic mass is 10.1. The molecule has 1 saturated heterocycles. The molecule has 1 aliphatic heterocycles. The van der Waals surface area contributed by atoms with Crippen molar-refractivity contribution in [1.82, 2.24) is 9.88 Å². The van der Waals surface area contributed by atoms with E-state index in [4.69, 9.17) is 0 Å². The topological polar surface area (TPSA) is 33.2 Å². The summed E-state index contributed by atoms with van der Waals surface area (Å²) in [5, 5.41) is 0. The minimum Gasteiger partial charge on any atom is -0.336 e. The molecule has 1 aromatic heterocycles. The zero-order valence-electron chi connectivity index (χ0n) is 9.32. The molecule has 1 amide bonds. The summed E-state index contributed by atoms with van der Waals surface area (Å²) in [6.07, 6.45) is 4.96. The highest BCUT2D eigenvalue weighted by Gasteiger charge is 2.27. The number of hydrogen-bond donors (Lipinski definition) is 0. The standard InChI is InChI=1S/C12H15BrN2O/c1-2-10-4-3-7-15(10)12(16)9-5-6-14-11(13)8-9/h5-6,8,10H,2-4,7H2,1H3. The molecule has 1 unspecified atom stereocenters. The molecule has 2 heterocycles. The molecular formula is C12H15BrN2O. The number of amides is 1. The van der Waals surface area contributed by atoms with E-state index in [1.807, 2.05) is 4.90 Å². The van der Waals surface area contributed by atoms with E-state index in [0.717, 1.165) is 31.4 Å². The van der Waals surface area contributed by atoms with Crippen LogP contribution in [0.2, 0.25) is 0 Å². The predicted octanol–water partition coefficient (Wildman–Crippen LogP) is 2.86. The van der Waals surface area contributed by atoms with Gasteiger partial charge in [-0.05, 0) is 47.3 Å². The summed E-state index contributed by atoms with van der Waals surface area (Å²) in [5.74, 6) is 0.132. The molecule has 16 heavy (non-hydrogen) atoms. The molecule has 4 heteroatoms. The van der Waals surface area contributed by atoms with Gasteiger partial charge in [-0.1, -0.05) is 6.92 Å². The Hall–Kier alpha value is -0.900. The van der Waals surface area contributed by atoms with E-state index in [2.05, 4.69) is 27.8 Å². The smallest absolute Gasteiger partial charge is 0.254 e. The monoisotopic (exact) mass is 282 g/mol. The highest BCUT2D eigenvalue weighted by molar-refractivity contribution is 9.10. The number of nitrogens with zero attached hydrogens (tertiary/aromatic N) is 2. The highest BCUT2D eigenvalue weighted by atomic mass is 79.9. The fourth-order valence-electron chi connectivity index (χ4n) is 2.23. The van der Waals surface area contributed by atoms with Crippen molar-refractivity contribution in [2.24, 2.45) is 0 Å². The number of halogens is 1. The van der Waals surface area contributed by atoms with E-state index in [1.165, 1.54) is 0 Å². The average Bonchev–Trinajstić information content (AvgIpc) is 2.76. The van der Waals surface area contributed by atoms with E-state index < -0.39 is 0 Å². The van der Waals surface area contributed by atoms with Crippen molar-refractivity contribution in [2.45, 2.75) is 32.2 Å². The molecule has 0 aromatic carbocycles. The van der Waals surface area contributed by atoms with Crippen LogP contribution in [-0.4, -0.2) is 28.4 Å². The molecule has 1 fully saturated rings. The Labute approximate surface area is 104 Å². The Bertz CT molecular complexity index is 394. The predicted molar refractivity (Wildman–Crippen MR) is 66.3 cm³/mol. The summed E-state index contributed by atoms with van der Waals surface area (Å²) in [6, 6.07) is 3.98. The highest BCUT2D eigenvalue weighted by Crippen LogP contribution is 2.22. The second-order valence-corrected chi connectivity index (χ2v) is 4.88. The van der Waals surface area contributed by atoms with Gasteiger partial charge in [-0.3, -0.25) is 4.79 Å². The fraction of sp³-hybridized carbons (Fsp3) is 0.500. The van der Waals surface area contributed by atoms with Crippen molar-refractivity contribution in [3.63, 3.8) is 0 Å². The lowest BCUT2D eigenvalue weighted by molar-refractivity contribution is 0.0733. The van der Waals surface area contributed by atoms with Crippen molar-refractivity contribution in [2.75, 3.05) is 6.54 Å². The van der Waals surface area contributed by atoms with Crippen LogP contribution in [-0.2, 0) is 0 Å². The van der Waals surface area contributed by atoms with E-state index in [9.17, 15) is 4.79 Å². The fourth-order valence-corrected chi connectivity index (χ4v) is 2.59. The Morgan fingerprint density at radius 3 is 3.19 bits per heavy atom. The number of aromatic nitrogens is 1.